The Balaban J connectivity index is 1.35. The van der Waals surface area contributed by atoms with Crippen LogP contribution in [-0.2, 0) is 6.42 Å². The molecular formula is C16H16N8. The van der Waals surface area contributed by atoms with Crippen molar-refractivity contribution in [3.05, 3.63) is 48.4 Å². The molecule has 1 aliphatic carbocycles. The normalized spacial score (nSPS) is 14.5. The predicted octanol–water partition coefficient (Wildman–Crippen LogP) is 1.70. The monoisotopic (exact) mass is 320 g/mol. The lowest BCUT2D eigenvalue weighted by Gasteiger charge is -2.08. The smallest absolute Gasteiger partial charge is 0.233 e. The molecular weight excluding hydrogens is 304 g/mol. The molecule has 0 aromatic carbocycles. The first-order valence-electron chi connectivity index (χ1n) is 8.10. The minimum atomic E-state index is 0.585. The van der Waals surface area contributed by atoms with Crippen molar-refractivity contribution in [1.29, 1.82) is 0 Å². The van der Waals surface area contributed by atoms with E-state index in [9.17, 15) is 0 Å². The van der Waals surface area contributed by atoms with Gasteiger partial charge in [-0.3, -0.25) is 4.40 Å². The van der Waals surface area contributed by atoms with Crippen LogP contribution in [0.4, 0.5) is 5.69 Å². The van der Waals surface area contributed by atoms with E-state index < -0.39 is 0 Å². The van der Waals surface area contributed by atoms with E-state index in [-0.39, 0.29) is 0 Å². The number of hydrogen-bond donors (Lipinski definition) is 1. The van der Waals surface area contributed by atoms with Gasteiger partial charge in [-0.2, -0.15) is 9.61 Å². The Morgan fingerprint density at radius 2 is 2.25 bits per heavy atom. The summed E-state index contributed by atoms with van der Waals surface area (Å²) < 4.78 is 3.69. The predicted molar refractivity (Wildman–Crippen MR) is 87.9 cm³/mol. The summed E-state index contributed by atoms with van der Waals surface area (Å²) in [4.78, 5) is 8.76. The van der Waals surface area contributed by atoms with Gasteiger partial charge < -0.3 is 5.32 Å². The van der Waals surface area contributed by atoms with Crippen LogP contribution >= 0.6 is 0 Å². The maximum Gasteiger partial charge on any atom is 0.233 e. The van der Waals surface area contributed by atoms with Gasteiger partial charge in [-0.05, 0) is 25.0 Å². The molecule has 4 aromatic heterocycles. The number of nitrogens with one attached hydrogen (secondary N) is 1. The number of aromatic nitrogens is 7. The van der Waals surface area contributed by atoms with E-state index in [0.717, 1.165) is 41.5 Å². The molecule has 0 atom stereocenters. The Bertz CT molecular complexity index is 980. The molecule has 0 spiro atoms. The molecule has 5 rings (SSSR count). The number of rotatable bonds is 5. The Morgan fingerprint density at radius 3 is 3.12 bits per heavy atom. The number of imidazole rings is 1. The molecule has 8 nitrogen and oxygen atoms in total. The van der Waals surface area contributed by atoms with E-state index in [1.165, 1.54) is 12.8 Å². The van der Waals surface area contributed by atoms with Crippen LogP contribution < -0.4 is 5.32 Å². The summed E-state index contributed by atoms with van der Waals surface area (Å²) in [6, 6.07) is 4.00. The highest BCUT2D eigenvalue weighted by molar-refractivity contribution is 5.67. The molecule has 1 N–H and O–H groups in total. The van der Waals surface area contributed by atoms with Crippen molar-refractivity contribution in [2.45, 2.75) is 25.2 Å². The molecule has 0 aliphatic heterocycles. The first-order chi connectivity index (χ1) is 11.9. The fourth-order valence-corrected chi connectivity index (χ4v) is 2.88. The highest BCUT2D eigenvalue weighted by Crippen LogP contribution is 2.39. The lowest BCUT2D eigenvalue weighted by molar-refractivity contribution is 0.849. The summed E-state index contributed by atoms with van der Waals surface area (Å²) in [5.74, 6) is 1.31. The van der Waals surface area contributed by atoms with Gasteiger partial charge in [0.2, 0.25) is 11.4 Å². The lowest BCUT2D eigenvalue weighted by Crippen LogP contribution is -2.08. The zero-order chi connectivity index (χ0) is 15.9. The average molecular weight is 320 g/mol. The molecule has 4 aromatic rings. The van der Waals surface area contributed by atoms with Gasteiger partial charge in [-0.15, -0.1) is 10.2 Å². The number of hydrogen-bond acceptors (Lipinski definition) is 6. The van der Waals surface area contributed by atoms with Gasteiger partial charge in [0.25, 0.3) is 0 Å². The van der Waals surface area contributed by atoms with Gasteiger partial charge in [0.1, 0.15) is 6.33 Å². The maximum absolute atomic E-state index is 4.58. The molecule has 0 radical (unpaired) electrons. The number of fused-ring (bicyclic) bond motifs is 2. The SMILES string of the molecule is c1cnc2nc(CCNc3cc(C4CC4)nn4cnnc34)cn2c1. The molecule has 0 unspecified atom stereocenters. The zero-order valence-electron chi connectivity index (χ0n) is 13.0. The van der Waals surface area contributed by atoms with Gasteiger partial charge >= 0.3 is 0 Å². The van der Waals surface area contributed by atoms with Crippen molar-refractivity contribution in [2.24, 2.45) is 0 Å². The summed E-state index contributed by atoms with van der Waals surface area (Å²) in [5.41, 5.74) is 3.86. The van der Waals surface area contributed by atoms with Gasteiger partial charge in [0.15, 0.2) is 0 Å². The van der Waals surface area contributed by atoms with E-state index >= 15 is 0 Å². The molecule has 1 fully saturated rings. The Kier molecular flexibility index (Phi) is 2.94. The highest BCUT2D eigenvalue weighted by atomic mass is 15.3. The lowest BCUT2D eigenvalue weighted by atomic mass is 10.2. The van der Waals surface area contributed by atoms with Crippen LogP contribution in [0, 0.1) is 0 Å². The second-order valence-corrected chi connectivity index (χ2v) is 6.09. The van der Waals surface area contributed by atoms with Crippen molar-refractivity contribution in [3.63, 3.8) is 0 Å². The third-order valence-corrected chi connectivity index (χ3v) is 4.26. The summed E-state index contributed by atoms with van der Waals surface area (Å²) in [6.45, 7) is 0.764. The Morgan fingerprint density at radius 1 is 1.29 bits per heavy atom. The van der Waals surface area contributed by atoms with E-state index in [2.05, 4.69) is 36.6 Å². The number of nitrogens with zero attached hydrogens (tertiary/aromatic N) is 7. The number of anilines is 1. The van der Waals surface area contributed by atoms with Crippen LogP contribution in [0.15, 0.2) is 37.1 Å². The van der Waals surface area contributed by atoms with Crippen LogP contribution in [0.1, 0.15) is 30.1 Å². The van der Waals surface area contributed by atoms with Crippen LogP contribution in [0.2, 0.25) is 0 Å². The molecule has 1 saturated carbocycles. The van der Waals surface area contributed by atoms with E-state index in [4.69, 9.17) is 0 Å². The van der Waals surface area contributed by atoms with Gasteiger partial charge in [0.05, 0.1) is 17.1 Å². The van der Waals surface area contributed by atoms with Crippen molar-refractivity contribution in [3.8, 4) is 0 Å². The standard InChI is InChI=1S/C16H16N8/c1-5-18-16-20-12(9-23(16)7-1)4-6-17-14-8-13(11-2-3-11)22-24-10-19-21-15(14)24/h1,5,7-11,17H,2-4,6H2. The summed E-state index contributed by atoms with van der Waals surface area (Å²) in [6.07, 6.45) is 10.6. The van der Waals surface area contributed by atoms with Gasteiger partial charge in [-0.1, -0.05) is 0 Å². The molecule has 120 valence electrons. The second kappa shape index (κ2) is 5.26. The van der Waals surface area contributed by atoms with E-state index in [1.54, 1.807) is 17.0 Å². The third kappa shape index (κ3) is 2.36. The quantitative estimate of drug-likeness (QED) is 0.602. The summed E-state index contributed by atoms with van der Waals surface area (Å²) >= 11 is 0. The van der Waals surface area contributed by atoms with Crippen LogP contribution in [-0.4, -0.2) is 40.7 Å². The van der Waals surface area contributed by atoms with Crippen molar-refractivity contribution in [2.75, 3.05) is 11.9 Å². The molecule has 0 bridgehead atoms. The second-order valence-electron chi connectivity index (χ2n) is 6.09. The van der Waals surface area contributed by atoms with Crippen LogP contribution in [0.25, 0.3) is 11.4 Å². The minimum absolute atomic E-state index is 0.585. The zero-order valence-corrected chi connectivity index (χ0v) is 13.0. The van der Waals surface area contributed by atoms with Crippen molar-refractivity contribution in [1.82, 2.24) is 34.2 Å². The van der Waals surface area contributed by atoms with Gasteiger partial charge in [0, 0.05) is 37.5 Å². The third-order valence-electron chi connectivity index (χ3n) is 4.26. The van der Waals surface area contributed by atoms with Crippen LogP contribution in [0.3, 0.4) is 0 Å². The molecule has 4 heterocycles. The van der Waals surface area contributed by atoms with E-state index in [0.29, 0.717) is 5.92 Å². The first-order valence-corrected chi connectivity index (χ1v) is 8.10. The molecule has 0 saturated heterocycles. The topological polar surface area (TPSA) is 85.3 Å². The van der Waals surface area contributed by atoms with Crippen molar-refractivity contribution >= 4 is 17.1 Å². The largest absolute Gasteiger partial charge is 0.381 e. The molecule has 8 heteroatoms. The molecule has 24 heavy (non-hydrogen) atoms. The molecule has 0 amide bonds. The summed E-state index contributed by atoms with van der Waals surface area (Å²) in [5, 5.41) is 16.2. The fraction of sp³-hybridized carbons (Fsp3) is 0.312. The van der Waals surface area contributed by atoms with Crippen LogP contribution in [0.5, 0.6) is 0 Å². The first kappa shape index (κ1) is 13.4. The Hall–Kier alpha value is -3.03. The molecule has 1 aliphatic rings. The Labute approximate surface area is 137 Å². The fourth-order valence-electron chi connectivity index (χ4n) is 2.88. The van der Waals surface area contributed by atoms with Crippen molar-refractivity contribution < 1.29 is 0 Å². The van der Waals surface area contributed by atoms with Gasteiger partial charge in [-0.25, -0.2) is 9.97 Å². The maximum atomic E-state index is 4.58. The highest BCUT2D eigenvalue weighted by Gasteiger charge is 2.26. The average Bonchev–Trinajstić information content (AvgIpc) is 3.19. The minimum Gasteiger partial charge on any atom is -0.381 e. The van der Waals surface area contributed by atoms with E-state index in [1.807, 2.05) is 22.9 Å². The summed E-state index contributed by atoms with van der Waals surface area (Å²) in [7, 11) is 0.